The molecule has 4 nitrogen and oxygen atoms in total. The quantitative estimate of drug-likeness (QED) is 0.578. The minimum absolute atomic E-state index is 0.0864. The van der Waals surface area contributed by atoms with Gasteiger partial charge in [0.25, 0.3) is 0 Å². The molecule has 0 aliphatic heterocycles. The number of para-hydroxylation sites is 1. The third kappa shape index (κ3) is 4.58. The Balaban J connectivity index is 1.62. The van der Waals surface area contributed by atoms with Gasteiger partial charge in [-0.25, -0.2) is 4.98 Å². The zero-order valence-corrected chi connectivity index (χ0v) is 16.6. The molecule has 26 heavy (non-hydrogen) atoms. The van der Waals surface area contributed by atoms with Crippen molar-refractivity contribution in [3.8, 4) is 0 Å². The first-order chi connectivity index (χ1) is 12.7. The van der Waals surface area contributed by atoms with Crippen LogP contribution in [0.3, 0.4) is 0 Å². The molecule has 0 fully saturated rings. The van der Waals surface area contributed by atoms with Crippen LogP contribution in [0.2, 0.25) is 0 Å². The van der Waals surface area contributed by atoms with Crippen molar-refractivity contribution in [1.29, 1.82) is 0 Å². The minimum atomic E-state index is -0.0864. The van der Waals surface area contributed by atoms with Crippen molar-refractivity contribution in [2.24, 2.45) is 0 Å². The van der Waals surface area contributed by atoms with Crippen LogP contribution >= 0.6 is 22.7 Å². The van der Waals surface area contributed by atoms with Gasteiger partial charge in [-0.05, 0) is 53.7 Å². The lowest BCUT2D eigenvalue weighted by Crippen LogP contribution is -2.37. The summed E-state index contributed by atoms with van der Waals surface area (Å²) in [6.07, 6.45) is 3.36. The second-order valence-corrected chi connectivity index (χ2v) is 7.73. The highest BCUT2D eigenvalue weighted by Gasteiger charge is 2.18. The van der Waals surface area contributed by atoms with Crippen LogP contribution in [-0.2, 0) is 4.79 Å². The van der Waals surface area contributed by atoms with Crippen LogP contribution in [0, 0.1) is 0 Å². The number of rotatable bonds is 8. The van der Waals surface area contributed by atoms with Crippen molar-refractivity contribution in [2.45, 2.75) is 19.9 Å². The van der Waals surface area contributed by atoms with E-state index in [9.17, 15) is 4.79 Å². The fourth-order valence-corrected chi connectivity index (χ4v) is 4.53. The van der Waals surface area contributed by atoms with Crippen LogP contribution in [0.15, 0.2) is 47.2 Å². The van der Waals surface area contributed by atoms with Gasteiger partial charge in [0.05, 0.1) is 16.3 Å². The summed E-state index contributed by atoms with van der Waals surface area (Å²) in [6, 6.07) is 10.3. The van der Waals surface area contributed by atoms with Crippen molar-refractivity contribution in [3.05, 3.63) is 57.7 Å². The van der Waals surface area contributed by atoms with E-state index in [1.807, 2.05) is 24.3 Å². The van der Waals surface area contributed by atoms with E-state index in [1.165, 1.54) is 5.56 Å². The van der Waals surface area contributed by atoms with E-state index in [1.54, 1.807) is 34.8 Å². The molecule has 0 saturated carbocycles. The maximum atomic E-state index is 12.3. The molecule has 0 saturated heterocycles. The van der Waals surface area contributed by atoms with Crippen molar-refractivity contribution in [2.75, 3.05) is 19.6 Å². The van der Waals surface area contributed by atoms with Crippen molar-refractivity contribution in [3.63, 3.8) is 0 Å². The summed E-state index contributed by atoms with van der Waals surface area (Å²) in [5, 5.41) is 8.13. The number of hydrogen-bond donors (Lipinski definition) is 1. The average Bonchev–Trinajstić information content (AvgIpc) is 3.32. The van der Waals surface area contributed by atoms with Crippen LogP contribution in [0.5, 0.6) is 0 Å². The van der Waals surface area contributed by atoms with Gasteiger partial charge in [-0.3, -0.25) is 9.69 Å². The first-order valence-electron chi connectivity index (χ1n) is 8.79. The Kier molecular flexibility index (Phi) is 6.55. The van der Waals surface area contributed by atoms with Gasteiger partial charge < -0.3 is 5.32 Å². The van der Waals surface area contributed by atoms with Gasteiger partial charge in [-0.1, -0.05) is 26.0 Å². The normalized spacial score (nSPS) is 12.9. The second kappa shape index (κ2) is 9.07. The van der Waals surface area contributed by atoms with Crippen LogP contribution in [0.1, 0.15) is 30.5 Å². The molecule has 2 heterocycles. The smallest absolute Gasteiger partial charge is 0.244 e. The fraction of sp³-hybridized carbons (Fsp3) is 0.300. The minimum Gasteiger partial charge on any atom is -0.351 e. The largest absolute Gasteiger partial charge is 0.351 e. The van der Waals surface area contributed by atoms with E-state index in [0.717, 1.165) is 28.3 Å². The predicted octanol–water partition coefficient (Wildman–Crippen LogP) is 4.57. The molecule has 6 heteroatoms. The molecule has 0 bridgehead atoms. The first kappa shape index (κ1) is 18.8. The van der Waals surface area contributed by atoms with Crippen LogP contribution in [0.4, 0.5) is 0 Å². The van der Waals surface area contributed by atoms with E-state index in [-0.39, 0.29) is 11.9 Å². The maximum Gasteiger partial charge on any atom is 0.244 e. The Morgan fingerprint density at radius 2 is 2.08 bits per heavy atom. The van der Waals surface area contributed by atoms with Crippen molar-refractivity contribution < 1.29 is 4.79 Å². The molecule has 1 amide bonds. The molecule has 0 radical (unpaired) electrons. The van der Waals surface area contributed by atoms with E-state index >= 15 is 0 Å². The van der Waals surface area contributed by atoms with Gasteiger partial charge in [0, 0.05) is 12.6 Å². The van der Waals surface area contributed by atoms with E-state index in [0.29, 0.717) is 6.54 Å². The fourth-order valence-electron chi connectivity index (χ4n) is 2.95. The number of thiazole rings is 1. The molecule has 2 aromatic heterocycles. The molecular weight excluding hydrogens is 362 g/mol. The lowest BCUT2D eigenvalue weighted by atomic mass is 10.1. The maximum absolute atomic E-state index is 12.3. The van der Waals surface area contributed by atoms with Crippen LogP contribution in [0.25, 0.3) is 16.3 Å². The van der Waals surface area contributed by atoms with Crippen LogP contribution < -0.4 is 5.32 Å². The van der Waals surface area contributed by atoms with E-state index in [4.69, 9.17) is 0 Å². The number of amides is 1. The Bertz CT molecular complexity index is 833. The number of carbonyl (C=O) groups is 1. The summed E-state index contributed by atoms with van der Waals surface area (Å²) in [5.74, 6) is -0.0864. The molecular formula is C20H23N3OS2. The molecule has 1 N–H and O–H groups in total. The van der Waals surface area contributed by atoms with Crippen molar-refractivity contribution >= 4 is 44.9 Å². The third-order valence-corrected chi connectivity index (χ3v) is 6.04. The highest BCUT2D eigenvalue weighted by Crippen LogP contribution is 2.23. The number of carbonyl (C=O) groups excluding carboxylic acids is 1. The first-order valence-corrected chi connectivity index (χ1v) is 10.5. The van der Waals surface area contributed by atoms with Gasteiger partial charge in [0.2, 0.25) is 5.91 Å². The van der Waals surface area contributed by atoms with Crippen molar-refractivity contribution in [1.82, 2.24) is 15.2 Å². The molecule has 0 aliphatic rings. The summed E-state index contributed by atoms with van der Waals surface area (Å²) < 4.78 is 1.13. The molecule has 1 atom stereocenters. The summed E-state index contributed by atoms with van der Waals surface area (Å²) >= 11 is 3.28. The highest BCUT2D eigenvalue weighted by molar-refractivity contribution is 7.19. The number of benzene rings is 1. The Morgan fingerprint density at radius 1 is 1.27 bits per heavy atom. The monoisotopic (exact) mass is 385 g/mol. The summed E-state index contributed by atoms with van der Waals surface area (Å²) in [5.41, 5.74) is 2.23. The van der Waals surface area contributed by atoms with Gasteiger partial charge in [0.1, 0.15) is 5.01 Å². The average molecular weight is 386 g/mol. The number of aromatic nitrogens is 1. The number of thiophene rings is 1. The molecule has 0 spiro atoms. The number of nitrogens with one attached hydrogen (secondary N) is 1. The number of nitrogens with zero attached hydrogens (tertiary/aromatic N) is 2. The molecule has 1 unspecified atom stereocenters. The van der Waals surface area contributed by atoms with Gasteiger partial charge >= 0.3 is 0 Å². The molecule has 1 aromatic carbocycles. The summed E-state index contributed by atoms with van der Waals surface area (Å²) in [4.78, 5) is 19.1. The SMILES string of the molecule is CCN(CC)C(CNC(=O)/C=C/c1nc2ccccc2s1)c1ccsc1. The van der Waals surface area contributed by atoms with Gasteiger partial charge in [-0.2, -0.15) is 11.3 Å². The highest BCUT2D eigenvalue weighted by atomic mass is 32.1. The lowest BCUT2D eigenvalue weighted by molar-refractivity contribution is -0.116. The standard InChI is InChI=1S/C20H23N3OS2/c1-3-23(4-2)17(15-11-12-25-14-15)13-21-19(24)9-10-20-22-16-7-5-6-8-18(16)26-20/h5-12,14,17H,3-4,13H2,1-2H3,(H,21,24)/b10-9+. The molecule has 0 aliphatic carbocycles. The van der Waals surface area contributed by atoms with Crippen LogP contribution in [-0.4, -0.2) is 35.4 Å². The van der Waals surface area contributed by atoms with Gasteiger partial charge in [0.15, 0.2) is 0 Å². The molecule has 3 rings (SSSR count). The summed E-state index contributed by atoms with van der Waals surface area (Å²) in [7, 11) is 0. The third-order valence-electron chi connectivity index (χ3n) is 4.34. The van der Waals surface area contributed by atoms with Gasteiger partial charge in [-0.15, -0.1) is 11.3 Å². The number of hydrogen-bond acceptors (Lipinski definition) is 5. The molecule has 136 valence electrons. The molecule has 3 aromatic rings. The predicted molar refractivity (Wildman–Crippen MR) is 112 cm³/mol. The Hall–Kier alpha value is -2.02. The zero-order valence-electron chi connectivity index (χ0n) is 15.0. The number of likely N-dealkylation sites (N-methyl/N-ethyl adjacent to an activating group) is 1. The lowest BCUT2D eigenvalue weighted by Gasteiger charge is -2.29. The Labute approximate surface area is 162 Å². The Morgan fingerprint density at radius 3 is 2.77 bits per heavy atom. The number of fused-ring (bicyclic) bond motifs is 1. The second-order valence-electron chi connectivity index (χ2n) is 5.89. The summed E-state index contributed by atoms with van der Waals surface area (Å²) in [6.45, 7) is 6.81. The topological polar surface area (TPSA) is 45.2 Å². The van der Waals surface area contributed by atoms with E-state index in [2.05, 4.69) is 45.9 Å². The van der Waals surface area contributed by atoms with E-state index < -0.39 is 0 Å². The zero-order chi connectivity index (χ0) is 18.4.